The third kappa shape index (κ3) is 3.98. The molecule has 4 heterocycles. The van der Waals surface area contributed by atoms with Gasteiger partial charge in [-0.3, -0.25) is 14.4 Å². The summed E-state index contributed by atoms with van der Waals surface area (Å²) >= 11 is 0. The number of nitrogens with zero attached hydrogens (tertiary/aromatic N) is 5. The molecule has 184 valence electrons. The van der Waals surface area contributed by atoms with E-state index in [1.54, 1.807) is 35.1 Å². The number of oxazole rings is 1. The van der Waals surface area contributed by atoms with E-state index in [4.69, 9.17) is 4.42 Å². The van der Waals surface area contributed by atoms with Gasteiger partial charge in [0.15, 0.2) is 12.1 Å². The van der Waals surface area contributed by atoms with Crippen molar-refractivity contribution in [3.05, 3.63) is 107 Å². The molecular formula is C27H22N6O4. The van der Waals surface area contributed by atoms with Gasteiger partial charge in [-0.15, -0.1) is 0 Å². The number of hydrogen-bond acceptors (Lipinski definition) is 6. The number of carbonyl (C=O) groups is 2. The molecule has 0 spiro atoms. The van der Waals surface area contributed by atoms with Crippen molar-refractivity contribution in [2.24, 2.45) is 7.05 Å². The van der Waals surface area contributed by atoms with Crippen molar-refractivity contribution >= 4 is 28.4 Å². The fourth-order valence-electron chi connectivity index (χ4n) is 4.85. The number of anilines is 1. The number of benzene rings is 2. The summed E-state index contributed by atoms with van der Waals surface area (Å²) in [4.78, 5) is 43.5. The van der Waals surface area contributed by atoms with Crippen LogP contribution in [0.5, 0.6) is 0 Å². The van der Waals surface area contributed by atoms with Crippen molar-refractivity contribution in [3.63, 3.8) is 0 Å². The lowest BCUT2D eigenvalue weighted by atomic mass is 9.99. The van der Waals surface area contributed by atoms with Crippen molar-refractivity contribution in [1.29, 1.82) is 0 Å². The van der Waals surface area contributed by atoms with Gasteiger partial charge in [0.05, 0.1) is 29.5 Å². The van der Waals surface area contributed by atoms with Gasteiger partial charge < -0.3 is 19.2 Å². The first kappa shape index (κ1) is 22.5. The average molecular weight is 495 g/mol. The van der Waals surface area contributed by atoms with Crippen LogP contribution in [0.4, 0.5) is 5.69 Å². The molecular weight excluding hydrogens is 472 g/mol. The van der Waals surface area contributed by atoms with Gasteiger partial charge in [-0.05, 0) is 29.8 Å². The minimum absolute atomic E-state index is 0.104. The molecule has 1 aliphatic rings. The number of rotatable bonds is 5. The Morgan fingerprint density at radius 3 is 2.62 bits per heavy atom. The summed E-state index contributed by atoms with van der Waals surface area (Å²) in [6, 6.07) is 17.6. The minimum Gasteiger partial charge on any atom is -0.451 e. The predicted octanol–water partition coefficient (Wildman–Crippen LogP) is 2.99. The van der Waals surface area contributed by atoms with Crippen LogP contribution < -0.4 is 15.8 Å². The van der Waals surface area contributed by atoms with Crippen LogP contribution in [-0.2, 0) is 11.8 Å². The molecule has 5 aromatic rings. The SMILES string of the molecule is Cn1cc(-n2ncc3cc(N4C(=O)C[C@H](NC(=O)c5cocn5)[C@H]4c4ccccc4)ccc32)ccc1=O. The number of amides is 2. The second-order valence-corrected chi connectivity index (χ2v) is 8.91. The van der Waals surface area contributed by atoms with E-state index in [0.717, 1.165) is 22.2 Å². The Labute approximate surface area is 210 Å². The second-order valence-electron chi connectivity index (χ2n) is 8.91. The zero-order valence-electron chi connectivity index (χ0n) is 19.8. The maximum Gasteiger partial charge on any atom is 0.273 e. The molecule has 10 nitrogen and oxygen atoms in total. The van der Waals surface area contributed by atoms with E-state index in [1.165, 1.54) is 23.3 Å². The minimum atomic E-state index is -0.469. The van der Waals surface area contributed by atoms with Crippen molar-refractivity contribution in [2.45, 2.75) is 18.5 Å². The molecule has 37 heavy (non-hydrogen) atoms. The number of aryl methyl sites for hydroxylation is 1. The predicted molar refractivity (Wildman–Crippen MR) is 135 cm³/mol. The van der Waals surface area contributed by atoms with E-state index in [0.29, 0.717) is 5.69 Å². The zero-order valence-corrected chi connectivity index (χ0v) is 19.8. The zero-order chi connectivity index (χ0) is 25.5. The van der Waals surface area contributed by atoms with Crippen LogP contribution in [0, 0.1) is 0 Å². The maximum absolute atomic E-state index is 13.4. The van der Waals surface area contributed by atoms with E-state index in [2.05, 4.69) is 15.4 Å². The van der Waals surface area contributed by atoms with Gasteiger partial charge in [0.25, 0.3) is 5.91 Å². The van der Waals surface area contributed by atoms with Gasteiger partial charge in [0, 0.05) is 36.8 Å². The van der Waals surface area contributed by atoms with Crippen LogP contribution in [0.1, 0.15) is 28.5 Å². The van der Waals surface area contributed by atoms with Gasteiger partial charge in [-0.1, -0.05) is 30.3 Å². The molecule has 1 N–H and O–H groups in total. The number of carbonyl (C=O) groups excluding carboxylic acids is 2. The standard InChI is InChI=1S/C27H22N6O4/c1-31-14-20(8-10-24(31)34)33-23-9-7-19(11-18(23)13-29-33)32-25(35)12-21(26(32)17-5-3-2-4-6-17)30-27(36)22-15-37-16-28-22/h2-11,13-16,21,26H,12H2,1H3,(H,30,36)/t21-,26+/m0/s1. The molecule has 1 saturated heterocycles. The van der Waals surface area contributed by atoms with Gasteiger partial charge in [0.2, 0.25) is 11.5 Å². The number of pyridine rings is 1. The van der Waals surface area contributed by atoms with Crippen LogP contribution in [0.25, 0.3) is 16.6 Å². The molecule has 10 heteroatoms. The number of aromatic nitrogens is 4. The first-order chi connectivity index (χ1) is 18.0. The van der Waals surface area contributed by atoms with E-state index in [9.17, 15) is 14.4 Å². The maximum atomic E-state index is 13.4. The molecule has 3 aromatic heterocycles. The van der Waals surface area contributed by atoms with Crippen molar-refractivity contribution in [3.8, 4) is 5.69 Å². The second kappa shape index (κ2) is 8.90. The molecule has 1 fully saturated rings. The highest BCUT2D eigenvalue weighted by Gasteiger charge is 2.42. The van der Waals surface area contributed by atoms with Gasteiger partial charge in [0.1, 0.15) is 6.26 Å². The molecule has 2 atom stereocenters. The topological polar surface area (TPSA) is 115 Å². The number of hydrogen-bond donors (Lipinski definition) is 1. The summed E-state index contributed by atoms with van der Waals surface area (Å²) in [7, 11) is 1.69. The molecule has 6 rings (SSSR count). The Bertz CT molecular complexity index is 1670. The monoisotopic (exact) mass is 494 g/mol. The number of nitrogens with one attached hydrogen (secondary N) is 1. The third-order valence-electron chi connectivity index (χ3n) is 6.59. The third-order valence-corrected chi connectivity index (χ3v) is 6.59. The summed E-state index contributed by atoms with van der Waals surface area (Å²) in [5.74, 6) is -0.507. The molecule has 0 saturated carbocycles. The Kier molecular flexibility index (Phi) is 5.41. The van der Waals surface area contributed by atoms with Crippen LogP contribution in [-0.4, -0.2) is 37.2 Å². The van der Waals surface area contributed by atoms with Gasteiger partial charge in [-0.25, -0.2) is 9.67 Å². The fraction of sp³-hybridized carbons (Fsp3) is 0.148. The highest BCUT2D eigenvalue weighted by Crippen LogP contribution is 2.38. The summed E-state index contributed by atoms with van der Waals surface area (Å²) in [6.07, 6.45) is 6.06. The largest absolute Gasteiger partial charge is 0.451 e. The quantitative estimate of drug-likeness (QED) is 0.402. The van der Waals surface area contributed by atoms with E-state index in [-0.39, 0.29) is 23.6 Å². The Morgan fingerprint density at radius 1 is 1.05 bits per heavy atom. The molecule has 2 aromatic carbocycles. The highest BCUT2D eigenvalue weighted by molar-refractivity contribution is 6.01. The van der Waals surface area contributed by atoms with E-state index >= 15 is 0 Å². The Morgan fingerprint density at radius 2 is 1.86 bits per heavy atom. The number of fused-ring (bicyclic) bond motifs is 1. The van der Waals surface area contributed by atoms with Gasteiger partial charge >= 0.3 is 0 Å². The van der Waals surface area contributed by atoms with Crippen LogP contribution in [0.3, 0.4) is 0 Å². The molecule has 0 radical (unpaired) electrons. The molecule has 0 aliphatic carbocycles. The lowest BCUT2D eigenvalue weighted by Crippen LogP contribution is -2.40. The van der Waals surface area contributed by atoms with E-state index < -0.39 is 18.0 Å². The summed E-state index contributed by atoms with van der Waals surface area (Å²) in [6.45, 7) is 0. The van der Waals surface area contributed by atoms with Crippen molar-refractivity contribution < 1.29 is 14.0 Å². The molecule has 1 aliphatic heterocycles. The summed E-state index contributed by atoms with van der Waals surface area (Å²) in [5, 5.41) is 8.31. The first-order valence-corrected chi connectivity index (χ1v) is 11.7. The summed E-state index contributed by atoms with van der Waals surface area (Å²) in [5.41, 5.74) is 3.24. The normalized spacial score (nSPS) is 17.4. The average Bonchev–Trinajstić information content (AvgIpc) is 3.65. The van der Waals surface area contributed by atoms with Crippen LogP contribution in [0.2, 0.25) is 0 Å². The Hall–Kier alpha value is -4.99. The van der Waals surface area contributed by atoms with Gasteiger partial charge in [-0.2, -0.15) is 5.10 Å². The smallest absolute Gasteiger partial charge is 0.273 e. The first-order valence-electron chi connectivity index (χ1n) is 11.7. The molecule has 2 amide bonds. The lowest BCUT2D eigenvalue weighted by Gasteiger charge is -2.29. The van der Waals surface area contributed by atoms with Crippen LogP contribution in [0.15, 0.2) is 94.9 Å². The Balaban J connectivity index is 1.38. The van der Waals surface area contributed by atoms with Crippen molar-refractivity contribution in [2.75, 3.05) is 4.90 Å². The van der Waals surface area contributed by atoms with Crippen LogP contribution >= 0.6 is 0 Å². The van der Waals surface area contributed by atoms with E-state index in [1.807, 2.05) is 48.5 Å². The molecule has 0 bridgehead atoms. The lowest BCUT2D eigenvalue weighted by molar-refractivity contribution is -0.117. The molecule has 0 unspecified atom stereocenters. The van der Waals surface area contributed by atoms with Crippen molar-refractivity contribution in [1.82, 2.24) is 24.6 Å². The highest BCUT2D eigenvalue weighted by atomic mass is 16.3. The fourth-order valence-corrected chi connectivity index (χ4v) is 4.85. The summed E-state index contributed by atoms with van der Waals surface area (Å²) < 4.78 is 8.18.